The Hall–Kier alpha value is -0.760. The van der Waals surface area contributed by atoms with Crippen LogP contribution in [-0.2, 0) is 5.54 Å². The van der Waals surface area contributed by atoms with Crippen molar-refractivity contribution in [2.45, 2.75) is 31.7 Å². The van der Waals surface area contributed by atoms with E-state index in [9.17, 15) is 0 Å². The molecule has 0 aliphatic heterocycles. The molecule has 2 heteroatoms. The van der Waals surface area contributed by atoms with E-state index < -0.39 is 0 Å². The number of rotatable bonds is 1. The normalized spacial score (nSPS) is 42.0. The molecule has 0 amide bonds. The number of nitrogens with two attached hydrogens (primary N) is 1. The molecule has 1 heterocycles. The van der Waals surface area contributed by atoms with Gasteiger partial charge in [0.2, 0.25) is 0 Å². The highest BCUT2D eigenvalue weighted by molar-refractivity contribution is 5.26. The fourth-order valence-corrected chi connectivity index (χ4v) is 2.90. The molecule has 0 saturated heterocycles. The molecule has 2 atom stereocenters. The molecule has 1 aromatic rings. The van der Waals surface area contributed by atoms with Gasteiger partial charge in [-0.3, -0.25) is 0 Å². The van der Waals surface area contributed by atoms with E-state index >= 15 is 0 Å². The van der Waals surface area contributed by atoms with Crippen LogP contribution in [0.15, 0.2) is 16.7 Å². The van der Waals surface area contributed by atoms with Crippen LogP contribution in [0.3, 0.4) is 0 Å². The first-order chi connectivity index (χ1) is 6.19. The fourth-order valence-electron chi connectivity index (χ4n) is 2.90. The predicted molar refractivity (Wildman–Crippen MR) is 50.1 cm³/mol. The summed E-state index contributed by atoms with van der Waals surface area (Å²) in [6.07, 6.45) is 5.42. The standard InChI is InChI=1S/C11H15NO/c1-7-2-3-13-10(7)11(12)5-8-4-9(8)6-11/h2-3,8-9H,4-6,12H2,1H3. The van der Waals surface area contributed by atoms with Gasteiger partial charge in [0, 0.05) is 0 Å². The third-order valence-corrected chi connectivity index (χ3v) is 3.64. The Morgan fingerprint density at radius 3 is 2.69 bits per heavy atom. The van der Waals surface area contributed by atoms with Crippen LogP contribution in [0.2, 0.25) is 0 Å². The van der Waals surface area contributed by atoms with Crippen molar-refractivity contribution in [3.63, 3.8) is 0 Å². The molecule has 0 bridgehead atoms. The van der Waals surface area contributed by atoms with Crippen LogP contribution in [0.1, 0.15) is 30.6 Å². The zero-order chi connectivity index (χ0) is 9.05. The van der Waals surface area contributed by atoms with Crippen LogP contribution in [0.4, 0.5) is 0 Å². The summed E-state index contributed by atoms with van der Waals surface area (Å²) in [5.74, 6) is 2.82. The van der Waals surface area contributed by atoms with Crippen LogP contribution in [0, 0.1) is 18.8 Å². The van der Waals surface area contributed by atoms with Gasteiger partial charge in [-0.15, -0.1) is 0 Å². The van der Waals surface area contributed by atoms with Gasteiger partial charge in [0.05, 0.1) is 11.8 Å². The van der Waals surface area contributed by atoms with E-state index in [1.165, 1.54) is 12.0 Å². The smallest absolute Gasteiger partial charge is 0.126 e. The van der Waals surface area contributed by atoms with Crippen molar-refractivity contribution < 1.29 is 4.42 Å². The summed E-state index contributed by atoms with van der Waals surface area (Å²) in [6, 6.07) is 2.01. The molecule has 2 N–H and O–H groups in total. The van der Waals surface area contributed by atoms with Gasteiger partial charge in [-0.05, 0) is 49.7 Å². The van der Waals surface area contributed by atoms with Crippen molar-refractivity contribution in [3.8, 4) is 0 Å². The van der Waals surface area contributed by atoms with Gasteiger partial charge in [-0.1, -0.05) is 0 Å². The molecular formula is C11H15NO. The average molecular weight is 177 g/mol. The maximum absolute atomic E-state index is 6.35. The number of furan rings is 1. The maximum Gasteiger partial charge on any atom is 0.126 e. The SMILES string of the molecule is Cc1ccoc1C1(N)CC2CC2C1. The predicted octanol–water partition coefficient (Wildman–Crippen LogP) is 2.17. The topological polar surface area (TPSA) is 39.2 Å². The van der Waals surface area contributed by atoms with Crippen molar-refractivity contribution in [1.29, 1.82) is 0 Å². The van der Waals surface area contributed by atoms with E-state index in [4.69, 9.17) is 10.2 Å². The summed E-state index contributed by atoms with van der Waals surface area (Å²) < 4.78 is 5.50. The summed E-state index contributed by atoms with van der Waals surface area (Å²) in [5.41, 5.74) is 7.43. The second-order valence-electron chi connectivity index (χ2n) is 4.75. The quantitative estimate of drug-likeness (QED) is 0.714. The molecule has 2 saturated carbocycles. The van der Waals surface area contributed by atoms with Crippen molar-refractivity contribution >= 4 is 0 Å². The average Bonchev–Trinajstić information content (AvgIpc) is 2.54. The minimum absolute atomic E-state index is 0.138. The number of fused-ring (bicyclic) bond motifs is 1. The van der Waals surface area contributed by atoms with E-state index in [-0.39, 0.29) is 5.54 Å². The van der Waals surface area contributed by atoms with Crippen LogP contribution >= 0.6 is 0 Å². The molecule has 2 unspecified atom stereocenters. The zero-order valence-corrected chi connectivity index (χ0v) is 7.92. The van der Waals surface area contributed by atoms with Crippen LogP contribution in [0.25, 0.3) is 0 Å². The summed E-state index contributed by atoms with van der Waals surface area (Å²) >= 11 is 0. The summed E-state index contributed by atoms with van der Waals surface area (Å²) in [5, 5.41) is 0. The lowest BCUT2D eigenvalue weighted by Gasteiger charge is -2.24. The molecule has 2 aliphatic rings. The van der Waals surface area contributed by atoms with Crippen LogP contribution in [-0.4, -0.2) is 0 Å². The minimum atomic E-state index is -0.138. The molecular weight excluding hydrogens is 162 g/mol. The summed E-state index contributed by atoms with van der Waals surface area (Å²) in [6.45, 7) is 2.08. The lowest BCUT2D eigenvalue weighted by Crippen LogP contribution is -2.35. The van der Waals surface area contributed by atoms with Crippen molar-refractivity contribution in [2.75, 3.05) is 0 Å². The lowest BCUT2D eigenvalue weighted by molar-refractivity contribution is 0.320. The Balaban J connectivity index is 1.96. The lowest BCUT2D eigenvalue weighted by atomic mass is 9.90. The maximum atomic E-state index is 6.35. The molecule has 2 fully saturated rings. The molecule has 0 spiro atoms. The fraction of sp³-hybridized carbons (Fsp3) is 0.636. The van der Waals surface area contributed by atoms with Gasteiger partial charge >= 0.3 is 0 Å². The first-order valence-corrected chi connectivity index (χ1v) is 5.02. The Labute approximate surface area is 78.1 Å². The molecule has 0 radical (unpaired) electrons. The monoisotopic (exact) mass is 177 g/mol. The highest BCUT2D eigenvalue weighted by Crippen LogP contribution is 2.58. The first-order valence-electron chi connectivity index (χ1n) is 5.02. The number of hydrogen-bond acceptors (Lipinski definition) is 2. The Morgan fingerprint density at radius 1 is 1.46 bits per heavy atom. The molecule has 2 nitrogen and oxygen atoms in total. The third-order valence-electron chi connectivity index (χ3n) is 3.64. The molecule has 0 aromatic carbocycles. The number of aryl methyl sites for hydroxylation is 1. The molecule has 1 aromatic heterocycles. The summed E-state index contributed by atoms with van der Waals surface area (Å²) in [7, 11) is 0. The van der Waals surface area contributed by atoms with Crippen molar-refractivity contribution in [3.05, 3.63) is 23.7 Å². The molecule has 13 heavy (non-hydrogen) atoms. The van der Waals surface area contributed by atoms with Crippen molar-refractivity contribution in [1.82, 2.24) is 0 Å². The second-order valence-corrected chi connectivity index (χ2v) is 4.75. The van der Waals surface area contributed by atoms with E-state index in [0.717, 1.165) is 30.4 Å². The molecule has 2 aliphatic carbocycles. The summed E-state index contributed by atoms with van der Waals surface area (Å²) in [4.78, 5) is 0. The number of hydrogen-bond donors (Lipinski definition) is 1. The van der Waals surface area contributed by atoms with Crippen LogP contribution in [0.5, 0.6) is 0 Å². The van der Waals surface area contributed by atoms with Gasteiger partial charge in [0.25, 0.3) is 0 Å². The first kappa shape index (κ1) is 7.63. The van der Waals surface area contributed by atoms with Crippen molar-refractivity contribution in [2.24, 2.45) is 17.6 Å². The Kier molecular flexibility index (Phi) is 1.28. The Morgan fingerprint density at radius 2 is 2.15 bits per heavy atom. The van der Waals surface area contributed by atoms with Gasteiger partial charge in [-0.2, -0.15) is 0 Å². The van der Waals surface area contributed by atoms with E-state index in [1.807, 2.05) is 6.07 Å². The van der Waals surface area contributed by atoms with Gasteiger partial charge in [-0.25, -0.2) is 0 Å². The zero-order valence-electron chi connectivity index (χ0n) is 7.92. The Bertz CT molecular complexity index is 332. The van der Waals surface area contributed by atoms with Gasteiger partial charge in [0.1, 0.15) is 5.76 Å². The molecule has 70 valence electrons. The highest BCUT2D eigenvalue weighted by atomic mass is 16.3. The van der Waals surface area contributed by atoms with Crippen LogP contribution < -0.4 is 5.73 Å². The van der Waals surface area contributed by atoms with Gasteiger partial charge in [0.15, 0.2) is 0 Å². The second kappa shape index (κ2) is 2.18. The van der Waals surface area contributed by atoms with E-state index in [1.54, 1.807) is 6.26 Å². The minimum Gasteiger partial charge on any atom is -0.467 e. The van der Waals surface area contributed by atoms with Gasteiger partial charge < -0.3 is 10.2 Å². The molecule has 3 rings (SSSR count). The largest absolute Gasteiger partial charge is 0.467 e. The highest BCUT2D eigenvalue weighted by Gasteiger charge is 2.54. The van der Waals surface area contributed by atoms with E-state index in [0.29, 0.717) is 0 Å². The third kappa shape index (κ3) is 0.983. The van der Waals surface area contributed by atoms with E-state index in [2.05, 4.69) is 6.92 Å².